The fourth-order valence-electron chi connectivity index (χ4n) is 2.41. The van der Waals surface area contributed by atoms with Crippen molar-refractivity contribution in [2.45, 2.75) is 12.5 Å². The molecule has 1 aliphatic rings. The Hall–Kier alpha value is -1.56. The lowest BCUT2D eigenvalue weighted by Gasteiger charge is -2.17. The number of amides is 2. The van der Waals surface area contributed by atoms with Gasteiger partial charge < -0.3 is 5.32 Å². The minimum Gasteiger partial charge on any atom is -0.373 e. The van der Waals surface area contributed by atoms with Crippen molar-refractivity contribution in [3.8, 4) is 0 Å². The van der Waals surface area contributed by atoms with Gasteiger partial charge in [0.1, 0.15) is 6.04 Å². The van der Waals surface area contributed by atoms with Crippen LogP contribution in [0.5, 0.6) is 0 Å². The second-order valence-corrected chi connectivity index (χ2v) is 6.83. The number of halogens is 3. The number of nitrogens with zero attached hydrogens (tertiary/aromatic N) is 1. The van der Waals surface area contributed by atoms with E-state index in [1.54, 1.807) is 12.1 Å². The van der Waals surface area contributed by atoms with Gasteiger partial charge in [-0.15, -0.1) is 0 Å². The van der Waals surface area contributed by atoms with Gasteiger partial charge in [-0.3, -0.25) is 9.59 Å². The Balaban J connectivity index is 1.83. The molecule has 1 saturated heterocycles. The highest BCUT2D eigenvalue weighted by Crippen LogP contribution is 2.33. The molecule has 4 nitrogen and oxygen atoms in total. The smallest absolute Gasteiger partial charge is 0.256 e. The molecule has 3 rings (SSSR count). The summed E-state index contributed by atoms with van der Waals surface area (Å²) in [6, 6.07) is 11.4. The molecule has 1 heterocycles. The first kappa shape index (κ1) is 16.3. The molecule has 1 aliphatic heterocycles. The monoisotopic (exact) mass is 412 g/mol. The first-order valence-corrected chi connectivity index (χ1v) is 8.34. The Labute approximate surface area is 151 Å². The normalized spacial score (nSPS) is 17.7. The summed E-state index contributed by atoms with van der Waals surface area (Å²) >= 11 is 15.3. The SMILES string of the molecule is O=C1C[C@H](Nc2ccc(Br)cc2)C(=O)N1c1ccc(Cl)cc1Cl. The van der Waals surface area contributed by atoms with Crippen LogP contribution in [0.1, 0.15) is 6.42 Å². The number of carbonyl (C=O) groups is 2. The number of anilines is 2. The molecule has 7 heteroatoms. The van der Waals surface area contributed by atoms with Crippen LogP contribution in [-0.2, 0) is 9.59 Å². The zero-order chi connectivity index (χ0) is 16.6. The third kappa shape index (κ3) is 3.37. The Bertz CT molecular complexity index is 780. The summed E-state index contributed by atoms with van der Waals surface area (Å²) in [6.07, 6.45) is 0.0772. The summed E-state index contributed by atoms with van der Waals surface area (Å²) in [4.78, 5) is 25.9. The summed E-state index contributed by atoms with van der Waals surface area (Å²) in [5.74, 6) is -0.629. The standard InChI is InChI=1S/C16H11BrCl2N2O2/c17-9-1-4-11(5-2-9)20-13-8-15(22)21(16(13)23)14-6-3-10(18)7-12(14)19/h1-7,13,20H,8H2/t13-/m0/s1. The molecule has 0 aromatic heterocycles. The van der Waals surface area contributed by atoms with Crippen LogP contribution >= 0.6 is 39.1 Å². The summed E-state index contributed by atoms with van der Waals surface area (Å²) in [7, 11) is 0. The van der Waals surface area contributed by atoms with Gasteiger partial charge in [0.05, 0.1) is 17.1 Å². The van der Waals surface area contributed by atoms with Crippen molar-refractivity contribution in [2.24, 2.45) is 0 Å². The van der Waals surface area contributed by atoms with E-state index in [-0.39, 0.29) is 23.3 Å². The molecule has 0 radical (unpaired) electrons. The number of imide groups is 1. The number of nitrogens with one attached hydrogen (secondary N) is 1. The van der Waals surface area contributed by atoms with Crippen molar-refractivity contribution >= 4 is 62.3 Å². The Morgan fingerprint density at radius 2 is 1.78 bits per heavy atom. The van der Waals surface area contributed by atoms with Gasteiger partial charge in [-0.25, -0.2) is 4.90 Å². The minimum atomic E-state index is -0.615. The van der Waals surface area contributed by atoms with Crippen LogP contribution in [0.25, 0.3) is 0 Å². The molecule has 0 unspecified atom stereocenters. The summed E-state index contributed by atoms with van der Waals surface area (Å²) in [6.45, 7) is 0. The van der Waals surface area contributed by atoms with Gasteiger partial charge in [0.2, 0.25) is 5.91 Å². The van der Waals surface area contributed by atoms with Crippen LogP contribution in [0.3, 0.4) is 0 Å². The third-order valence-electron chi connectivity index (χ3n) is 3.48. The van der Waals surface area contributed by atoms with Crippen molar-refractivity contribution in [1.29, 1.82) is 0 Å². The maximum atomic E-state index is 12.6. The van der Waals surface area contributed by atoms with Crippen molar-refractivity contribution < 1.29 is 9.59 Å². The maximum Gasteiger partial charge on any atom is 0.256 e. The number of hydrogen-bond acceptors (Lipinski definition) is 3. The first-order valence-electron chi connectivity index (χ1n) is 6.79. The van der Waals surface area contributed by atoms with E-state index >= 15 is 0 Å². The van der Waals surface area contributed by atoms with Crippen LogP contribution in [0.2, 0.25) is 10.0 Å². The molecule has 0 saturated carbocycles. The molecule has 2 amide bonds. The van der Waals surface area contributed by atoms with E-state index in [1.807, 2.05) is 24.3 Å². The maximum absolute atomic E-state index is 12.6. The average molecular weight is 414 g/mol. The number of rotatable bonds is 3. The zero-order valence-electron chi connectivity index (χ0n) is 11.7. The molecule has 2 aromatic rings. The van der Waals surface area contributed by atoms with E-state index in [1.165, 1.54) is 6.07 Å². The quantitative estimate of drug-likeness (QED) is 0.753. The van der Waals surface area contributed by atoms with Crippen LogP contribution in [-0.4, -0.2) is 17.9 Å². The van der Waals surface area contributed by atoms with E-state index in [9.17, 15) is 9.59 Å². The molecule has 1 atom stereocenters. The fourth-order valence-corrected chi connectivity index (χ4v) is 3.17. The molecule has 1 N–H and O–H groups in total. The molecule has 1 fully saturated rings. The van der Waals surface area contributed by atoms with Gasteiger partial charge in [-0.05, 0) is 42.5 Å². The van der Waals surface area contributed by atoms with E-state index in [0.717, 1.165) is 15.1 Å². The summed E-state index contributed by atoms with van der Waals surface area (Å²) in [5, 5.41) is 3.79. The number of benzene rings is 2. The molecule has 0 aliphatic carbocycles. The first-order chi connectivity index (χ1) is 11.0. The van der Waals surface area contributed by atoms with Crippen LogP contribution in [0.4, 0.5) is 11.4 Å². The number of hydrogen-bond donors (Lipinski definition) is 1. The lowest BCUT2D eigenvalue weighted by Crippen LogP contribution is -2.35. The summed E-state index contributed by atoms with van der Waals surface area (Å²) < 4.78 is 0.937. The van der Waals surface area contributed by atoms with Gasteiger partial charge in [-0.2, -0.15) is 0 Å². The largest absolute Gasteiger partial charge is 0.373 e. The van der Waals surface area contributed by atoms with Crippen molar-refractivity contribution in [1.82, 2.24) is 0 Å². The molecule has 23 heavy (non-hydrogen) atoms. The van der Waals surface area contributed by atoms with Gasteiger partial charge in [0.15, 0.2) is 0 Å². The zero-order valence-corrected chi connectivity index (χ0v) is 14.8. The molecular formula is C16H11BrCl2N2O2. The predicted octanol–water partition coefficient (Wildman–Crippen LogP) is 4.50. The van der Waals surface area contributed by atoms with Gasteiger partial charge in [0.25, 0.3) is 5.91 Å². The molecule has 0 bridgehead atoms. The lowest BCUT2D eigenvalue weighted by atomic mass is 10.2. The van der Waals surface area contributed by atoms with E-state index in [2.05, 4.69) is 21.2 Å². The summed E-state index contributed by atoms with van der Waals surface area (Å²) in [5.41, 5.74) is 1.12. The second kappa shape index (κ2) is 6.51. The van der Waals surface area contributed by atoms with E-state index < -0.39 is 6.04 Å². The highest BCUT2D eigenvalue weighted by atomic mass is 79.9. The van der Waals surface area contributed by atoms with Crippen LogP contribution < -0.4 is 10.2 Å². The van der Waals surface area contributed by atoms with Gasteiger partial charge >= 0.3 is 0 Å². The Kier molecular flexibility index (Phi) is 4.62. The Morgan fingerprint density at radius 1 is 1.09 bits per heavy atom. The lowest BCUT2D eigenvalue weighted by molar-refractivity contribution is -0.121. The minimum absolute atomic E-state index is 0.0772. The highest BCUT2D eigenvalue weighted by Gasteiger charge is 2.40. The fraction of sp³-hybridized carbons (Fsp3) is 0.125. The average Bonchev–Trinajstić information content (AvgIpc) is 2.77. The number of carbonyl (C=O) groups excluding carboxylic acids is 2. The Morgan fingerprint density at radius 3 is 2.43 bits per heavy atom. The van der Waals surface area contributed by atoms with Crippen molar-refractivity contribution in [2.75, 3.05) is 10.2 Å². The van der Waals surface area contributed by atoms with Gasteiger partial charge in [-0.1, -0.05) is 39.1 Å². The second-order valence-electron chi connectivity index (χ2n) is 5.07. The van der Waals surface area contributed by atoms with E-state index in [4.69, 9.17) is 23.2 Å². The van der Waals surface area contributed by atoms with Crippen LogP contribution in [0, 0.1) is 0 Å². The predicted molar refractivity (Wildman–Crippen MR) is 95.1 cm³/mol. The highest BCUT2D eigenvalue weighted by molar-refractivity contribution is 9.10. The molecule has 2 aromatic carbocycles. The molecular weight excluding hydrogens is 403 g/mol. The van der Waals surface area contributed by atoms with Crippen LogP contribution in [0.15, 0.2) is 46.9 Å². The topological polar surface area (TPSA) is 49.4 Å². The van der Waals surface area contributed by atoms with E-state index in [0.29, 0.717) is 10.7 Å². The van der Waals surface area contributed by atoms with Gasteiger partial charge in [0, 0.05) is 15.2 Å². The van der Waals surface area contributed by atoms with Crippen molar-refractivity contribution in [3.63, 3.8) is 0 Å². The third-order valence-corrected chi connectivity index (χ3v) is 4.55. The molecule has 118 valence electrons. The molecule has 0 spiro atoms. The van der Waals surface area contributed by atoms with Crippen molar-refractivity contribution in [3.05, 3.63) is 57.0 Å².